The maximum absolute atomic E-state index is 6.06. The number of nitrogens with two attached hydrogens (primary N) is 1. The zero-order chi connectivity index (χ0) is 12.8. The fourth-order valence-corrected chi connectivity index (χ4v) is 3.29. The Morgan fingerprint density at radius 1 is 0.944 bits per heavy atom. The summed E-state index contributed by atoms with van der Waals surface area (Å²) in [4.78, 5) is 4.71. The first-order valence-corrected chi connectivity index (χ1v) is 7.84. The number of hydrogen-bond donors (Lipinski definition) is 2. The highest BCUT2D eigenvalue weighted by molar-refractivity contribution is 5.78. The molecule has 2 unspecified atom stereocenters. The molecule has 0 heterocycles. The minimum absolute atomic E-state index is 0.464. The van der Waals surface area contributed by atoms with E-state index in [0.29, 0.717) is 18.0 Å². The van der Waals surface area contributed by atoms with Crippen molar-refractivity contribution in [2.45, 2.75) is 83.2 Å². The van der Waals surface area contributed by atoms with Crippen molar-refractivity contribution in [3.63, 3.8) is 0 Å². The zero-order valence-corrected chi connectivity index (χ0v) is 11.8. The summed E-state index contributed by atoms with van der Waals surface area (Å²) in [5, 5.41) is 3.43. The lowest BCUT2D eigenvalue weighted by molar-refractivity contribution is 0.411. The van der Waals surface area contributed by atoms with E-state index in [1.807, 2.05) is 0 Å². The summed E-state index contributed by atoms with van der Waals surface area (Å²) in [6, 6.07) is 1.04. The minimum Gasteiger partial charge on any atom is -0.370 e. The highest BCUT2D eigenvalue weighted by Gasteiger charge is 2.17. The van der Waals surface area contributed by atoms with Gasteiger partial charge in [-0.1, -0.05) is 39.0 Å². The van der Waals surface area contributed by atoms with Crippen LogP contribution in [-0.4, -0.2) is 18.0 Å². The largest absolute Gasteiger partial charge is 0.370 e. The summed E-state index contributed by atoms with van der Waals surface area (Å²) < 4.78 is 0. The van der Waals surface area contributed by atoms with Gasteiger partial charge < -0.3 is 11.1 Å². The van der Waals surface area contributed by atoms with Crippen LogP contribution in [0.1, 0.15) is 71.1 Å². The monoisotopic (exact) mass is 251 g/mol. The van der Waals surface area contributed by atoms with E-state index in [-0.39, 0.29) is 0 Å². The van der Waals surface area contributed by atoms with E-state index in [1.54, 1.807) is 0 Å². The number of nitrogens with zero attached hydrogens (tertiary/aromatic N) is 1. The third kappa shape index (κ3) is 4.51. The van der Waals surface area contributed by atoms with E-state index in [1.165, 1.54) is 64.2 Å². The topological polar surface area (TPSA) is 50.4 Å². The molecule has 0 aromatic heterocycles. The minimum atomic E-state index is 0.464. The maximum Gasteiger partial charge on any atom is 0.189 e. The van der Waals surface area contributed by atoms with E-state index in [0.717, 1.165) is 5.92 Å². The Kier molecular flexibility index (Phi) is 5.33. The summed E-state index contributed by atoms with van der Waals surface area (Å²) in [7, 11) is 0. The Balaban J connectivity index is 1.79. The number of nitrogens with one attached hydrogen (secondary N) is 1. The second-order valence-electron chi connectivity index (χ2n) is 6.26. The highest BCUT2D eigenvalue weighted by Crippen LogP contribution is 2.24. The third-order valence-electron chi connectivity index (χ3n) is 4.51. The van der Waals surface area contributed by atoms with Gasteiger partial charge in [0.05, 0.1) is 6.04 Å². The maximum atomic E-state index is 6.06. The number of rotatable bonds is 2. The Morgan fingerprint density at radius 2 is 1.72 bits per heavy atom. The predicted octanol–water partition coefficient (Wildman–Crippen LogP) is 3.19. The van der Waals surface area contributed by atoms with Crippen LogP contribution in [0.25, 0.3) is 0 Å². The van der Waals surface area contributed by atoms with Gasteiger partial charge in [-0.25, -0.2) is 0 Å². The third-order valence-corrected chi connectivity index (χ3v) is 4.51. The number of aliphatic imine (C=N–C) groups is 1. The second-order valence-corrected chi connectivity index (χ2v) is 6.26. The Hall–Kier alpha value is -0.730. The molecule has 0 aromatic carbocycles. The van der Waals surface area contributed by atoms with Crippen molar-refractivity contribution < 1.29 is 0 Å². The smallest absolute Gasteiger partial charge is 0.189 e. The second kappa shape index (κ2) is 7.01. The van der Waals surface area contributed by atoms with Crippen LogP contribution in [-0.2, 0) is 0 Å². The molecule has 0 bridgehead atoms. The summed E-state index contributed by atoms with van der Waals surface area (Å²) in [6.45, 7) is 2.36. The summed E-state index contributed by atoms with van der Waals surface area (Å²) >= 11 is 0. The van der Waals surface area contributed by atoms with Crippen LogP contribution in [0, 0.1) is 5.92 Å². The Bertz CT molecular complexity index is 269. The molecule has 0 spiro atoms. The fraction of sp³-hybridized carbons (Fsp3) is 0.933. The van der Waals surface area contributed by atoms with Crippen LogP contribution in [0.2, 0.25) is 0 Å². The molecule has 0 aliphatic heterocycles. The zero-order valence-electron chi connectivity index (χ0n) is 11.8. The molecular weight excluding hydrogens is 222 g/mol. The van der Waals surface area contributed by atoms with Crippen molar-refractivity contribution in [3.05, 3.63) is 0 Å². The first kappa shape index (κ1) is 13.7. The standard InChI is InChI=1S/C15H29N3/c1-12-6-5-9-14(11-10-12)18-15(16)17-13-7-3-2-4-8-13/h12-14H,2-11H2,1H3,(H3,16,17,18). The number of guanidine groups is 1. The predicted molar refractivity (Wildman–Crippen MR) is 77.7 cm³/mol. The Morgan fingerprint density at radius 3 is 2.50 bits per heavy atom. The molecule has 18 heavy (non-hydrogen) atoms. The van der Waals surface area contributed by atoms with Crippen LogP contribution >= 0.6 is 0 Å². The Labute approximate surface area is 112 Å². The molecule has 0 aromatic rings. The lowest BCUT2D eigenvalue weighted by Crippen LogP contribution is -2.41. The molecule has 2 aliphatic rings. The first-order valence-electron chi connectivity index (χ1n) is 7.84. The molecule has 2 rings (SSSR count). The molecule has 3 nitrogen and oxygen atoms in total. The van der Waals surface area contributed by atoms with E-state index in [2.05, 4.69) is 12.2 Å². The van der Waals surface area contributed by atoms with Gasteiger partial charge in [0.1, 0.15) is 0 Å². The molecule has 0 amide bonds. The van der Waals surface area contributed by atoms with Crippen LogP contribution in [0.4, 0.5) is 0 Å². The lowest BCUT2D eigenvalue weighted by Gasteiger charge is -2.23. The summed E-state index contributed by atoms with van der Waals surface area (Å²) in [5.74, 6) is 1.57. The van der Waals surface area contributed by atoms with E-state index >= 15 is 0 Å². The van der Waals surface area contributed by atoms with Crippen LogP contribution in [0.3, 0.4) is 0 Å². The number of hydrogen-bond acceptors (Lipinski definition) is 1. The summed E-state index contributed by atoms with van der Waals surface area (Å²) in [6.07, 6.45) is 13.0. The van der Waals surface area contributed by atoms with Crippen molar-refractivity contribution >= 4 is 5.96 Å². The molecule has 0 radical (unpaired) electrons. The van der Waals surface area contributed by atoms with Gasteiger partial charge in [0.2, 0.25) is 0 Å². The average molecular weight is 251 g/mol. The van der Waals surface area contributed by atoms with Gasteiger partial charge in [-0.15, -0.1) is 0 Å². The summed E-state index contributed by atoms with van der Waals surface area (Å²) in [5.41, 5.74) is 6.06. The quantitative estimate of drug-likeness (QED) is 0.450. The van der Waals surface area contributed by atoms with Crippen molar-refractivity contribution in [2.75, 3.05) is 0 Å². The van der Waals surface area contributed by atoms with Crippen LogP contribution < -0.4 is 11.1 Å². The SMILES string of the molecule is CC1CCCC(N=C(N)NC2CCCCC2)CC1. The average Bonchev–Trinajstić information content (AvgIpc) is 2.56. The van der Waals surface area contributed by atoms with Gasteiger partial charge in [0.15, 0.2) is 5.96 Å². The van der Waals surface area contributed by atoms with Crippen molar-refractivity contribution in [2.24, 2.45) is 16.6 Å². The van der Waals surface area contributed by atoms with E-state index in [4.69, 9.17) is 10.7 Å². The van der Waals surface area contributed by atoms with E-state index in [9.17, 15) is 0 Å². The van der Waals surface area contributed by atoms with E-state index < -0.39 is 0 Å². The fourth-order valence-electron chi connectivity index (χ4n) is 3.29. The molecule has 3 N–H and O–H groups in total. The van der Waals surface area contributed by atoms with Gasteiger partial charge in [-0.3, -0.25) is 4.99 Å². The van der Waals surface area contributed by atoms with Crippen LogP contribution in [0.5, 0.6) is 0 Å². The van der Waals surface area contributed by atoms with Gasteiger partial charge in [-0.05, 0) is 38.0 Å². The molecule has 2 aliphatic carbocycles. The van der Waals surface area contributed by atoms with Crippen molar-refractivity contribution in [1.82, 2.24) is 5.32 Å². The van der Waals surface area contributed by atoms with Gasteiger partial charge >= 0.3 is 0 Å². The van der Waals surface area contributed by atoms with Gasteiger partial charge in [-0.2, -0.15) is 0 Å². The molecule has 0 saturated heterocycles. The van der Waals surface area contributed by atoms with Gasteiger partial charge in [0, 0.05) is 6.04 Å². The molecule has 104 valence electrons. The molecule has 2 fully saturated rings. The highest BCUT2D eigenvalue weighted by atomic mass is 15.1. The van der Waals surface area contributed by atoms with Crippen LogP contribution in [0.15, 0.2) is 4.99 Å². The molecule has 2 saturated carbocycles. The van der Waals surface area contributed by atoms with Gasteiger partial charge in [0.25, 0.3) is 0 Å². The first-order chi connectivity index (χ1) is 8.74. The van der Waals surface area contributed by atoms with Crippen molar-refractivity contribution in [1.29, 1.82) is 0 Å². The van der Waals surface area contributed by atoms with Crippen molar-refractivity contribution in [3.8, 4) is 0 Å². The molecular formula is C15H29N3. The molecule has 2 atom stereocenters. The molecule has 3 heteroatoms. The lowest BCUT2D eigenvalue weighted by atomic mass is 9.96. The normalized spacial score (nSPS) is 31.9.